The number of esters is 2. The van der Waals surface area contributed by atoms with Gasteiger partial charge in [0.15, 0.2) is 11.9 Å². The number of ketones is 2. The molecule has 0 aliphatic heterocycles. The number of hydrogen-bond acceptors (Lipinski definition) is 6. The summed E-state index contributed by atoms with van der Waals surface area (Å²) in [5, 5.41) is 0. The maximum atomic E-state index is 11.0. The van der Waals surface area contributed by atoms with Crippen LogP contribution in [0.25, 0.3) is 0 Å². The zero-order chi connectivity index (χ0) is 16.5. The summed E-state index contributed by atoms with van der Waals surface area (Å²) in [5.74, 6) is -0.212. The summed E-state index contributed by atoms with van der Waals surface area (Å²) < 4.78 is 9.40. The maximum Gasteiger partial charge on any atom is 2.00 e. The maximum absolute atomic E-state index is 11.0. The first-order valence-corrected chi connectivity index (χ1v) is 7.63. The molecular weight excluding hydrogens is 352 g/mol. The third-order valence-corrected chi connectivity index (χ3v) is 3.38. The van der Waals surface area contributed by atoms with Crippen LogP contribution in [0.15, 0.2) is 0 Å². The number of rotatable bonds is 4. The van der Waals surface area contributed by atoms with Crippen molar-refractivity contribution in [3.63, 3.8) is 0 Å². The first-order chi connectivity index (χ1) is 10.5. The van der Waals surface area contributed by atoms with Gasteiger partial charge >= 0.3 is 17.1 Å². The van der Waals surface area contributed by atoms with Gasteiger partial charge in [0.1, 0.15) is 0 Å². The van der Waals surface area contributed by atoms with Crippen LogP contribution in [-0.4, -0.2) is 36.7 Å². The molecule has 2 saturated carbocycles. The number of carbonyl (C=O) groups excluding carboxylic acids is 4. The van der Waals surface area contributed by atoms with Gasteiger partial charge in [0, 0.05) is 11.6 Å². The van der Waals surface area contributed by atoms with Crippen molar-refractivity contribution >= 4 is 23.5 Å². The predicted octanol–water partition coefficient (Wildman–Crippen LogP) is 1.75. The Morgan fingerprint density at radius 1 is 0.870 bits per heavy atom. The van der Waals surface area contributed by atoms with Crippen molar-refractivity contribution < 1.29 is 45.7 Å². The predicted molar refractivity (Wildman–Crippen MR) is 77.5 cm³/mol. The van der Waals surface area contributed by atoms with E-state index in [0.29, 0.717) is 50.7 Å². The van der Waals surface area contributed by atoms with Crippen LogP contribution >= 0.6 is 0 Å². The van der Waals surface area contributed by atoms with Crippen LogP contribution in [-0.2, 0) is 45.7 Å². The van der Waals surface area contributed by atoms with Crippen molar-refractivity contribution in [1.29, 1.82) is 0 Å². The van der Waals surface area contributed by atoms with Crippen molar-refractivity contribution in [3.8, 4) is 0 Å². The standard InChI is InChI=1S/2C8H11O3.Cu/c2*1-2-11-8(10)6-4-3-5-7(6)9;/h2*2-5H2,1H3;/q2*-1;+2. The van der Waals surface area contributed by atoms with Gasteiger partial charge in [0.25, 0.3) is 0 Å². The third-order valence-electron chi connectivity index (χ3n) is 3.38. The normalized spacial score (nSPS) is 16.4. The Kier molecular flexibility index (Phi) is 10.4. The van der Waals surface area contributed by atoms with Crippen LogP contribution < -0.4 is 0 Å². The van der Waals surface area contributed by atoms with Gasteiger partial charge in [-0.2, -0.15) is 0 Å². The van der Waals surface area contributed by atoms with Crippen LogP contribution in [0, 0.1) is 11.8 Å². The molecule has 0 atom stereocenters. The zero-order valence-electron chi connectivity index (χ0n) is 13.4. The van der Waals surface area contributed by atoms with Gasteiger partial charge in [0.2, 0.25) is 0 Å². The smallest absolute Gasteiger partial charge is 0.488 e. The molecule has 2 fully saturated rings. The second-order valence-corrected chi connectivity index (χ2v) is 4.95. The first kappa shape index (κ1) is 21.5. The van der Waals surface area contributed by atoms with Crippen molar-refractivity contribution in [1.82, 2.24) is 0 Å². The molecule has 0 spiro atoms. The molecule has 133 valence electrons. The molecule has 6 nitrogen and oxygen atoms in total. The first-order valence-electron chi connectivity index (χ1n) is 7.63. The molecule has 0 aromatic heterocycles. The summed E-state index contributed by atoms with van der Waals surface area (Å²) in [6.45, 7) is 4.15. The number of carbonyl (C=O) groups is 4. The average molecular weight is 374 g/mol. The molecule has 1 radical (unpaired) electrons. The molecule has 0 aromatic rings. The van der Waals surface area contributed by atoms with Gasteiger partial charge in [-0.05, 0) is 26.7 Å². The topological polar surface area (TPSA) is 86.7 Å². The molecule has 0 heterocycles. The zero-order valence-corrected chi connectivity index (χ0v) is 14.3. The minimum atomic E-state index is -0.421. The number of ether oxygens (including phenoxy) is 2. The molecule has 0 amide bonds. The molecule has 7 heteroatoms. The summed E-state index contributed by atoms with van der Waals surface area (Å²) >= 11 is 0. The Balaban J connectivity index is 0.000000403. The van der Waals surface area contributed by atoms with E-state index in [1.54, 1.807) is 13.8 Å². The van der Waals surface area contributed by atoms with Crippen LogP contribution in [0.2, 0.25) is 0 Å². The molecule has 23 heavy (non-hydrogen) atoms. The molecule has 2 aliphatic rings. The van der Waals surface area contributed by atoms with Crippen LogP contribution in [0.5, 0.6) is 0 Å². The minimum absolute atomic E-state index is 0. The fourth-order valence-electron chi connectivity index (χ4n) is 2.30. The summed E-state index contributed by atoms with van der Waals surface area (Å²) in [7, 11) is 0. The van der Waals surface area contributed by atoms with Crippen molar-refractivity contribution in [2.24, 2.45) is 0 Å². The van der Waals surface area contributed by atoms with Crippen LogP contribution in [0.4, 0.5) is 0 Å². The SMILES string of the molecule is CCOC(=O)[C-]1CCCC1=O.CCOC(=O)[C-]1CCCC1=O.[Cu+2]. The minimum Gasteiger partial charge on any atom is -0.488 e. The monoisotopic (exact) mass is 373 g/mol. The van der Waals surface area contributed by atoms with E-state index in [-0.39, 0.29) is 28.6 Å². The van der Waals surface area contributed by atoms with Crippen molar-refractivity contribution in [3.05, 3.63) is 11.8 Å². The van der Waals surface area contributed by atoms with E-state index >= 15 is 0 Å². The van der Waals surface area contributed by atoms with Crippen molar-refractivity contribution in [2.75, 3.05) is 13.2 Å². The largest absolute Gasteiger partial charge is 2.00 e. The van der Waals surface area contributed by atoms with Crippen LogP contribution in [0.3, 0.4) is 0 Å². The molecule has 0 aromatic carbocycles. The third kappa shape index (κ3) is 6.67. The molecule has 2 aliphatic carbocycles. The molecule has 0 bridgehead atoms. The Labute approximate surface area is 147 Å². The molecule has 2 rings (SSSR count). The van der Waals surface area contributed by atoms with Crippen molar-refractivity contribution in [2.45, 2.75) is 52.4 Å². The second-order valence-electron chi connectivity index (χ2n) is 4.95. The van der Waals surface area contributed by atoms with Gasteiger partial charge in [-0.3, -0.25) is 9.59 Å². The molecule has 0 saturated heterocycles. The number of Topliss-reactive ketones (excluding diaryl/α,β-unsaturated/α-hetero) is 2. The Hall–Kier alpha value is -1.46. The van der Waals surface area contributed by atoms with E-state index in [0.717, 1.165) is 12.8 Å². The van der Waals surface area contributed by atoms with Gasteiger partial charge < -0.3 is 19.1 Å². The Morgan fingerprint density at radius 2 is 1.22 bits per heavy atom. The Bertz CT molecular complexity index is 394. The van der Waals surface area contributed by atoms with Gasteiger partial charge in [0.05, 0.1) is 13.2 Å². The van der Waals surface area contributed by atoms with Gasteiger partial charge in [-0.1, -0.05) is 12.8 Å². The van der Waals surface area contributed by atoms with Crippen LogP contribution in [0.1, 0.15) is 52.4 Å². The fourth-order valence-corrected chi connectivity index (χ4v) is 2.30. The van der Waals surface area contributed by atoms with Gasteiger partial charge in [-0.25, -0.2) is 11.8 Å². The average Bonchev–Trinajstić information content (AvgIpc) is 3.08. The summed E-state index contributed by atoms with van der Waals surface area (Å²) in [6, 6.07) is 0. The van der Waals surface area contributed by atoms with E-state index in [4.69, 9.17) is 9.47 Å². The van der Waals surface area contributed by atoms with E-state index in [1.165, 1.54) is 0 Å². The molecule has 0 N–H and O–H groups in total. The summed E-state index contributed by atoms with van der Waals surface area (Å²) in [5.41, 5.74) is 0. The Morgan fingerprint density at radius 3 is 1.43 bits per heavy atom. The second kappa shape index (κ2) is 11.1. The quantitative estimate of drug-likeness (QED) is 0.424. The summed E-state index contributed by atoms with van der Waals surface area (Å²) in [6.07, 6.45) is 3.80. The molecular formula is C16H22CuO6. The van der Waals surface area contributed by atoms with E-state index < -0.39 is 11.9 Å². The molecule has 0 unspecified atom stereocenters. The van der Waals surface area contributed by atoms with E-state index in [1.807, 2.05) is 0 Å². The van der Waals surface area contributed by atoms with E-state index in [9.17, 15) is 19.2 Å². The fraction of sp³-hybridized carbons (Fsp3) is 0.625. The van der Waals surface area contributed by atoms with E-state index in [2.05, 4.69) is 0 Å². The number of hydrogen-bond donors (Lipinski definition) is 0. The van der Waals surface area contributed by atoms with Gasteiger partial charge in [-0.15, -0.1) is 12.8 Å². The summed E-state index contributed by atoms with van der Waals surface area (Å²) in [4.78, 5) is 43.9.